The first-order valence-corrected chi connectivity index (χ1v) is 9.62. The molecule has 0 saturated heterocycles. The maximum absolute atomic E-state index is 9.76. The van der Waals surface area contributed by atoms with E-state index in [1.807, 2.05) is 0 Å². The first kappa shape index (κ1) is 33.1. The molecule has 0 bridgehead atoms. The molecule has 0 rings (SSSR count). The Labute approximate surface area is 174 Å². The van der Waals surface area contributed by atoms with Gasteiger partial charge in [-0.3, -0.25) is 14.4 Å². The van der Waals surface area contributed by atoms with Crippen molar-refractivity contribution in [2.75, 3.05) is 0 Å². The fraction of sp³-hybridized carbons (Fsp3) is 0.824. The van der Waals surface area contributed by atoms with Gasteiger partial charge in [-0.2, -0.15) is 37.9 Å². The normalized spacial score (nSPS) is 13.2. The van der Waals surface area contributed by atoms with Gasteiger partial charge in [0.05, 0.1) is 19.3 Å². The van der Waals surface area contributed by atoms with Crippen molar-refractivity contribution in [3.63, 3.8) is 0 Å². The highest BCUT2D eigenvalue weighted by Gasteiger charge is 2.00. The Hall–Kier alpha value is -0.540. The molecule has 3 unspecified atom stereocenters. The second-order valence-corrected chi connectivity index (χ2v) is 9.99. The van der Waals surface area contributed by atoms with Crippen LogP contribution in [-0.4, -0.2) is 49.0 Å². The largest absolute Gasteiger partial charge is 0.481 e. The molecule has 0 aliphatic heterocycles. The third-order valence-electron chi connectivity index (χ3n) is 1.41. The van der Waals surface area contributed by atoms with E-state index in [-0.39, 0.29) is 35.0 Å². The molecule has 0 heterocycles. The van der Waals surface area contributed by atoms with Crippen molar-refractivity contribution >= 4 is 55.8 Å². The van der Waals surface area contributed by atoms with E-state index in [9.17, 15) is 14.4 Å². The molecule has 0 aromatic rings. The van der Waals surface area contributed by atoms with Gasteiger partial charge in [-0.05, 0) is 5.41 Å². The molecule has 0 fully saturated rings. The van der Waals surface area contributed by atoms with Crippen LogP contribution in [0.3, 0.4) is 0 Å². The Morgan fingerprint density at radius 3 is 0.769 bits per heavy atom. The third-order valence-corrected chi connectivity index (χ3v) is 1.96. The molecular formula is C17H36O6S3. The van der Waals surface area contributed by atoms with Gasteiger partial charge in [0, 0.05) is 15.7 Å². The molecule has 0 aromatic carbocycles. The van der Waals surface area contributed by atoms with Gasteiger partial charge < -0.3 is 15.3 Å². The van der Waals surface area contributed by atoms with E-state index >= 15 is 0 Å². The minimum absolute atomic E-state index is 0.0301. The lowest BCUT2D eigenvalue weighted by Gasteiger charge is -2.05. The first-order chi connectivity index (χ1) is 11.4. The molecular weight excluding hydrogens is 396 g/mol. The van der Waals surface area contributed by atoms with Crippen LogP contribution in [0.2, 0.25) is 0 Å². The van der Waals surface area contributed by atoms with Gasteiger partial charge >= 0.3 is 17.9 Å². The highest BCUT2D eigenvalue weighted by Crippen LogP contribution is 2.08. The van der Waals surface area contributed by atoms with E-state index in [2.05, 4.69) is 65.6 Å². The highest BCUT2D eigenvalue weighted by molar-refractivity contribution is 7.81. The number of carboxylic acid groups (broad SMARTS) is 3. The minimum atomic E-state index is -0.789. The fourth-order valence-electron chi connectivity index (χ4n) is 0.758. The van der Waals surface area contributed by atoms with Gasteiger partial charge in [0.1, 0.15) is 0 Å². The Kier molecular flexibility index (Phi) is 24.5. The molecule has 0 aliphatic carbocycles. The SMILES string of the molecule is CC(C)(C)C.CC(S)CC(=O)O.CC(S)CC(=O)O.CC(S)CC(=O)O. The van der Waals surface area contributed by atoms with Gasteiger partial charge in [-0.15, -0.1) is 0 Å². The zero-order valence-electron chi connectivity index (χ0n) is 16.8. The van der Waals surface area contributed by atoms with Crippen molar-refractivity contribution in [2.24, 2.45) is 5.41 Å². The van der Waals surface area contributed by atoms with Crippen LogP contribution in [0.1, 0.15) is 67.7 Å². The van der Waals surface area contributed by atoms with Crippen LogP contribution in [0.25, 0.3) is 0 Å². The second-order valence-electron chi connectivity index (χ2n) is 7.34. The van der Waals surface area contributed by atoms with Crippen LogP contribution in [0.5, 0.6) is 0 Å². The van der Waals surface area contributed by atoms with Crippen molar-refractivity contribution in [1.82, 2.24) is 0 Å². The second kappa shape index (κ2) is 19.2. The Bertz CT molecular complexity index is 324. The summed E-state index contributed by atoms with van der Waals surface area (Å²) in [5, 5.41) is 24.0. The average molecular weight is 433 g/mol. The summed E-state index contributed by atoms with van der Waals surface area (Å²) in [5.74, 6) is -2.37. The summed E-state index contributed by atoms with van der Waals surface area (Å²) in [4.78, 5) is 29.3. The lowest BCUT2D eigenvalue weighted by atomic mass is 10.0. The van der Waals surface area contributed by atoms with E-state index in [0.29, 0.717) is 5.41 Å². The molecule has 0 spiro atoms. The number of rotatable bonds is 6. The molecule has 9 heteroatoms. The van der Waals surface area contributed by atoms with Crippen LogP contribution in [0.15, 0.2) is 0 Å². The van der Waals surface area contributed by atoms with Crippen molar-refractivity contribution in [1.29, 1.82) is 0 Å². The Morgan fingerprint density at radius 2 is 0.769 bits per heavy atom. The first-order valence-electron chi connectivity index (χ1n) is 8.08. The molecule has 3 N–H and O–H groups in total. The maximum Gasteiger partial charge on any atom is 0.304 e. The summed E-state index contributed by atoms with van der Waals surface area (Å²) >= 11 is 11.6. The average Bonchev–Trinajstić information content (AvgIpc) is 2.20. The quantitative estimate of drug-likeness (QED) is 0.347. The molecule has 3 atom stereocenters. The monoisotopic (exact) mass is 432 g/mol. The van der Waals surface area contributed by atoms with Crippen molar-refractivity contribution in [3.05, 3.63) is 0 Å². The van der Waals surface area contributed by atoms with E-state index in [0.717, 1.165) is 0 Å². The Morgan fingerprint density at radius 1 is 0.654 bits per heavy atom. The van der Waals surface area contributed by atoms with Gasteiger partial charge in [0.25, 0.3) is 0 Å². The molecule has 0 radical (unpaired) electrons. The Balaban J connectivity index is -0.000000125. The number of hydrogen-bond donors (Lipinski definition) is 6. The lowest BCUT2D eigenvalue weighted by molar-refractivity contribution is -0.137. The van der Waals surface area contributed by atoms with E-state index in [1.54, 1.807) is 20.8 Å². The van der Waals surface area contributed by atoms with Gasteiger partial charge in [0.15, 0.2) is 0 Å². The summed E-state index contributed by atoms with van der Waals surface area (Å²) < 4.78 is 0. The number of hydrogen-bond acceptors (Lipinski definition) is 6. The predicted octanol–water partition coefficient (Wildman–Crippen LogP) is 4.39. The van der Waals surface area contributed by atoms with Crippen LogP contribution in [0, 0.1) is 5.41 Å². The zero-order valence-corrected chi connectivity index (χ0v) is 19.4. The molecule has 0 aliphatic rings. The number of aliphatic carboxylic acids is 3. The third kappa shape index (κ3) is 90.1. The van der Waals surface area contributed by atoms with E-state index in [1.165, 1.54) is 0 Å². The smallest absolute Gasteiger partial charge is 0.304 e. The summed E-state index contributed by atoms with van der Waals surface area (Å²) in [6, 6.07) is 0. The van der Waals surface area contributed by atoms with Crippen LogP contribution in [0.4, 0.5) is 0 Å². The number of thiol groups is 3. The van der Waals surface area contributed by atoms with Crippen LogP contribution in [-0.2, 0) is 14.4 Å². The summed E-state index contributed by atoms with van der Waals surface area (Å²) in [7, 11) is 0. The molecule has 0 amide bonds. The lowest BCUT2D eigenvalue weighted by Crippen LogP contribution is -2.01. The molecule has 6 nitrogen and oxygen atoms in total. The fourth-order valence-corrected chi connectivity index (χ4v) is 1.23. The number of carboxylic acids is 3. The predicted molar refractivity (Wildman–Crippen MR) is 117 cm³/mol. The highest BCUT2D eigenvalue weighted by atomic mass is 32.1. The molecule has 158 valence electrons. The van der Waals surface area contributed by atoms with E-state index < -0.39 is 17.9 Å². The molecule has 0 saturated carbocycles. The van der Waals surface area contributed by atoms with Gasteiger partial charge in [-0.1, -0.05) is 48.5 Å². The number of carbonyl (C=O) groups is 3. The molecule has 26 heavy (non-hydrogen) atoms. The maximum atomic E-state index is 9.76. The van der Waals surface area contributed by atoms with Crippen molar-refractivity contribution in [2.45, 2.75) is 83.5 Å². The standard InChI is InChI=1S/C5H12.3C4H8O2S/c1-5(2,3)4;3*1-3(7)2-4(5)6/h1-4H3;3*3,7H,2H2,1H3,(H,5,6). The topological polar surface area (TPSA) is 112 Å². The van der Waals surface area contributed by atoms with Crippen molar-refractivity contribution in [3.8, 4) is 0 Å². The zero-order chi connectivity index (χ0) is 22.1. The van der Waals surface area contributed by atoms with E-state index in [4.69, 9.17) is 15.3 Å². The van der Waals surface area contributed by atoms with Crippen molar-refractivity contribution < 1.29 is 29.7 Å². The molecule has 0 aromatic heterocycles. The van der Waals surface area contributed by atoms with Crippen LogP contribution < -0.4 is 0 Å². The summed E-state index contributed by atoms with van der Waals surface area (Å²) in [6.07, 6.45) is 0.426. The summed E-state index contributed by atoms with van der Waals surface area (Å²) in [6.45, 7) is 14.0. The summed E-state index contributed by atoms with van der Waals surface area (Å²) in [5.41, 5.74) is 0.500. The van der Waals surface area contributed by atoms with Gasteiger partial charge in [0.2, 0.25) is 0 Å². The van der Waals surface area contributed by atoms with Gasteiger partial charge in [-0.25, -0.2) is 0 Å². The van der Waals surface area contributed by atoms with Crippen LogP contribution >= 0.6 is 37.9 Å². The minimum Gasteiger partial charge on any atom is -0.481 e.